The van der Waals surface area contributed by atoms with Crippen LogP contribution in [0.5, 0.6) is 0 Å². The first-order valence-electron chi connectivity index (χ1n) is 6.49. The van der Waals surface area contributed by atoms with Gasteiger partial charge in [0, 0.05) is 6.04 Å². The molecule has 1 aliphatic carbocycles. The molecule has 0 amide bonds. The fourth-order valence-electron chi connectivity index (χ4n) is 2.76. The summed E-state index contributed by atoms with van der Waals surface area (Å²) in [5, 5.41) is 0. The highest BCUT2D eigenvalue weighted by molar-refractivity contribution is 5.27. The van der Waals surface area contributed by atoms with Crippen LogP contribution in [0.4, 0.5) is 0 Å². The van der Waals surface area contributed by atoms with E-state index in [9.17, 15) is 0 Å². The van der Waals surface area contributed by atoms with Crippen molar-refractivity contribution in [3.8, 4) is 0 Å². The van der Waals surface area contributed by atoms with Crippen molar-refractivity contribution in [2.45, 2.75) is 51.5 Å². The Labute approximate surface area is 99.0 Å². The fourth-order valence-corrected chi connectivity index (χ4v) is 2.76. The van der Waals surface area contributed by atoms with Crippen LogP contribution in [0.2, 0.25) is 0 Å². The van der Waals surface area contributed by atoms with Crippen LogP contribution in [-0.4, -0.2) is 6.04 Å². The second-order valence-corrected chi connectivity index (χ2v) is 5.61. The van der Waals surface area contributed by atoms with Gasteiger partial charge in [-0.2, -0.15) is 0 Å². The molecule has 1 nitrogen and oxygen atoms in total. The molecule has 1 saturated carbocycles. The highest BCUT2D eigenvalue weighted by Gasteiger charge is 2.23. The van der Waals surface area contributed by atoms with Gasteiger partial charge in [-0.25, -0.2) is 0 Å². The van der Waals surface area contributed by atoms with Crippen molar-refractivity contribution < 1.29 is 0 Å². The lowest BCUT2D eigenvalue weighted by atomic mass is 9.93. The second-order valence-electron chi connectivity index (χ2n) is 5.61. The maximum absolute atomic E-state index is 5.98. The monoisotopic (exact) mass is 217 g/mol. The summed E-state index contributed by atoms with van der Waals surface area (Å²) in [7, 11) is 0. The first-order valence-corrected chi connectivity index (χ1v) is 6.49. The third-order valence-corrected chi connectivity index (χ3v) is 3.54. The van der Waals surface area contributed by atoms with Crippen molar-refractivity contribution in [1.29, 1.82) is 0 Å². The number of rotatable bonds is 3. The van der Waals surface area contributed by atoms with E-state index in [2.05, 4.69) is 38.1 Å². The summed E-state index contributed by atoms with van der Waals surface area (Å²) in [4.78, 5) is 0. The molecule has 16 heavy (non-hydrogen) atoms. The molecule has 1 aromatic carbocycles. The standard InChI is InChI=1S/C15H23N/c1-11(2)8-12-4-3-5-13(9-12)14-6-7-15(16)10-14/h3-5,9,11,14-15H,6-8,10,16H2,1-2H3. The minimum atomic E-state index is 0.429. The minimum Gasteiger partial charge on any atom is -0.328 e. The van der Waals surface area contributed by atoms with E-state index in [0.29, 0.717) is 12.0 Å². The van der Waals surface area contributed by atoms with E-state index in [0.717, 1.165) is 5.92 Å². The Morgan fingerprint density at radius 2 is 2.12 bits per heavy atom. The molecule has 2 N–H and O–H groups in total. The zero-order chi connectivity index (χ0) is 11.5. The molecule has 1 aromatic rings. The Morgan fingerprint density at radius 1 is 1.31 bits per heavy atom. The Bertz CT molecular complexity index is 343. The van der Waals surface area contributed by atoms with Gasteiger partial charge >= 0.3 is 0 Å². The Kier molecular flexibility index (Phi) is 3.65. The molecule has 0 bridgehead atoms. The molecule has 1 heteroatoms. The topological polar surface area (TPSA) is 26.0 Å². The van der Waals surface area contributed by atoms with Crippen molar-refractivity contribution in [2.75, 3.05) is 0 Å². The average molecular weight is 217 g/mol. The average Bonchev–Trinajstić information content (AvgIpc) is 2.64. The first-order chi connectivity index (χ1) is 7.65. The second kappa shape index (κ2) is 5.01. The molecule has 0 spiro atoms. The van der Waals surface area contributed by atoms with Gasteiger partial charge in [0.25, 0.3) is 0 Å². The highest BCUT2D eigenvalue weighted by Crippen LogP contribution is 2.33. The summed E-state index contributed by atoms with van der Waals surface area (Å²) in [6, 6.07) is 9.54. The number of nitrogens with two attached hydrogens (primary N) is 1. The van der Waals surface area contributed by atoms with Crippen LogP contribution < -0.4 is 5.73 Å². The van der Waals surface area contributed by atoms with Crippen molar-refractivity contribution in [2.24, 2.45) is 11.7 Å². The van der Waals surface area contributed by atoms with Crippen molar-refractivity contribution >= 4 is 0 Å². The molecule has 2 unspecified atom stereocenters. The lowest BCUT2D eigenvalue weighted by Crippen LogP contribution is -2.14. The SMILES string of the molecule is CC(C)Cc1cccc(C2CCC(N)C2)c1. The van der Waals surface area contributed by atoms with E-state index in [4.69, 9.17) is 5.73 Å². The van der Waals surface area contributed by atoms with Gasteiger partial charge in [-0.05, 0) is 48.6 Å². The summed E-state index contributed by atoms with van der Waals surface area (Å²) in [5.41, 5.74) is 8.97. The molecule has 1 aliphatic rings. The first kappa shape index (κ1) is 11.7. The number of benzene rings is 1. The quantitative estimate of drug-likeness (QED) is 0.824. The Hall–Kier alpha value is -0.820. The molecule has 0 aliphatic heterocycles. The zero-order valence-electron chi connectivity index (χ0n) is 10.4. The van der Waals surface area contributed by atoms with E-state index < -0.39 is 0 Å². The van der Waals surface area contributed by atoms with Crippen LogP contribution >= 0.6 is 0 Å². The maximum atomic E-state index is 5.98. The van der Waals surface area contributed by atoms with Gasteiger partial charge in [-0.3, -0.25) is 0 Å². The van der Waals surface area contributed by atoms with E-state index in [-0.39, 0.29) is 0 Å². The summed E-state index contributed by atoms with van der Waals surface area (Å²) in [5.74, 6) is 1.45. The van der Waals surface area contributed by atoms with Crippen molar-refractivity contribution in [3.05, 3.63) is 35.4 Å². The summed E-state index contributed by atoms with van der Waals surface area (Å²) >= 11 is 0. The van der Waals surface area contributed by atoms with E-state index in [1.807, 2.05) is 0 Å². The van der Waals surface area contributed by atoms with E-state index in [1.165, 1.54) is 36.8 Å². The molecule has 88 valence electrons. The molecule has 0 aromatic heterocycles. The highest BCUT2D eigenvalue weighted by atomic mass is 14.6. The third-order valence-electron chi connectivity index (χ3n) is 3.54. The normalized spacial score (nSPS) is 25.2. The lowest BCUT2D eigenvalue weighted by molar-refractivity contribution is 0.642. The predicted octanol–water partition coefficient (Wildman–Crippen LogP) is 3.48. The fraction of sp³-hybridized carbons (Fsp3) is 0.600. The molecule has 0 saturated heterocycles. The Morgan fingerprint density at radius 3 is 2.75 bits per heavy atom. The van der Waals surface area contributed by atoms with Crippen LogP contribution in [0.3, 0.4) is 0 Å². The van der Waals surface area contributed by atoms with Gasteiger partial charge in [0.05, 0.1) is 0 Å². The van der Waals surface area contributed by atoms with Gasteiger partial charge in [0.2, 0.25) is 0 Å². The molecule has 2 rings (SSSR count). The molecule has 0 radical (unpaired) electrons. The van der Waals surface area contributed by atoms with Crippen molar-refractivity contribution in [3.63, 3.8) is 0 Å². The number of hydrogen-bond acceptors (Lipinski definition) is 1. The van der Waals surface area contributed by atoms with Crippen LogP contribution in [0.1, 0.15) is 50.2 Å². The van der Waals surface area contributed by atoms with Crippen LogP contribution in [0, 0.1) is 5.92 Å². The Balaban J connectivity index is 2.09. The van der Waals surface area contributed by atoms with Crippen molar-refractivity contribution in [1.82, 2.24) is 0 Å². The molecule has 0 heterocycles. The van der Waals surface area contributed by atoms with Crippen LogP contribution in [0.25, 0.3) is 0 Å². The van der Waals surface area contributed by atoms with Gasteiger partial charge in [-0.15, -0.1) is 0 Å². The number of hydrogen-bond donors (Lipinski definition) is 1. The lowest BCUT2D eigenvalue weighted by Gasteiger charge is -2.12. The summed E-state index contributed by atoms with van der Waals surface area (Å²) in [6.07, 6.45) is 4.82. The zero-order valence-corrected chi connectivity index (χ0v) is 10.4. The molecule has 1 fully saturated rings. The summed E-state index contributed by atoms with van der Waals surface area (Å²) < 4.78 is 0. The summed E-state index contributed by atoms with van der Waals surface area (Å²) in [6.45, 7) is 4.55. The van der Waals surface area contributed by atoms with Gasteiger partial charge < -0.3 is 5.73 Å². The van der Waals surface area contributed by atoms with Crippen LogP contribution in [0.15, 0.2) is 24.3 Å². The van der Waals surface area contributed by atoms with Gasteiger partial charge in [0.1, 0.15) is 0 Å². The van der Waals surface area contributed by atoms with Crippen LogP contribution in [-0.2, 0) is 6.42 Å². The van der Waals surface area contributed by atoms with Gasteiger partial charge in [0.15, 0.2) is 0 Å². The molecule has 2 atom stereocenters. The predicted molar refractivity (Wildman–Crippen MR) is 69.6 cm³/mol. The van der Waals surface area contributed by atoms with E-state index >= 15 is 0 Å². The molecular weight excluding hydrogens is 194 g/mol. The minimum absolute atomic E-state index is 0.429. The largest absolute Gasteiger partial charge is 0.328 e. The van der Waals surface area contributed by atoms with E-state index in [1.54, 1.807) is 0 Å². The van der Waals surface area contributed by atoms with Gasteiger partial charge in [-0.1, -0.05) is 38.1 Å². The third kappa shape index (κ3) is 2.85. The maximum Gasteiger partial charge on any atom is 0.00448 e. The molecular formula is C15H23N. The smallest absolute Gasteiger partial charge is 0.00448 e.